The summed E-state index contributed by atoms with van der Waals surface area (Å²) in [6.45, 7) is 3.76. The zero-order valence-electron chi connectivity index (χ0n) is 15.8. The van der Waals surface area contributed by atoms with Crippen molar-refractivity contribution in [3.63, 3.8) is 0 Å². The van der Waals surface area contributed by atoms with Gasteiger partial charge in [0.15, 0.2) is 0 Å². The van der Waals surface area contributed by atoms with E-state index in [1.807, 2.05) is 11.8 Å². The average molecular weight is 394 g/mol. The maximum Gasteiger partial charge on any atom is 0.305 e. The smallest absolute Gasteiger partial charge is 0.305 e. The van der Waals surface area contributed by atoms with Gasteiger partial charge in [0, 0.05) is 32.5 Å². The van der Waals surface area contributed by atoms with Crippen LogP contribution in [-0.4, -0.2) is 59.6 Å². The number of methoxy groups -OCH3 is 1. The number of aromatic nitrogens is 2. The molecule has 0 spiro atoms. The minimum atomic E-state index is -0.307. The lowest BCUT2D eigenvalue weighted by Crippen LogP contribution is -2.42. The van der Waals surface area contributed by atoms with E-state index in [1.54, 1.807) is 4.90 Å². The summed E-state index contributed by atoms with van der Waals surface area (Å²) >= 11 is 1.41. The normalized spacial score (nSPS) is 21.0. The highest BCUT2D eigenvalue weighted by molar-refractivity contribution is 7.15. The number of piperidine rings is 1. The van der Waals surface area contributed by atoms with Crippen LogP contribution in [0.15, 0.2) is 0 Å². The van der Waals surface area contributed by atoms with Crippen molar-refractivity contribution in [2.45, 2.75) is 45.4 Å². The molecule has 3 rings (SSSR count). The van der Waals surface area contributed by atoms with Crippen molar-refractivity contribution in [2.75, 3.05) is 31.6 Å². The summed E-state index contributed by atoms with van der Waals surface area (Å²) in [6.07, 6.45) is 4.05. The van der Waals surface area contributed by atoms with E-state index in [0.717, 1.165) is 30.7 Å². The maximum atomic E-state index is 12.8. The Balaban J connectivity index is 1.50. The van der Waals surface area contributed by atoms with Crippen LogP contribution in [0.2, 0.25) is 0 Å². The largest absolute Gasteiger partial charge is 0.469 e. The molecule has 0 radical (unpaired) electrons. The van der Waals surface area contributed by atoms with Crippen LogP contribution in [0, 0.1) is 11.8 Å². The molecule has 2 saturated heterocycles. The van der Waals surface area contributed by atoms with Gasteiger partial charge in [0.2, 0.25) is 16.9 Å². The predicted molar refractivity (Wildman–Crippen MR) is 100 cm³/mol. The van der Waals surface area contributed by atoms with Gasteiger partial charge in [0.25, 0.3) is 0 Å². The summed E-state index contributed by atoms with van der Waals surface area (Å²) in [7, 11) is 1.40. The maximum absolute atomic E-state index is 12.8. The Morgan fingerprint density at radius 1 is 1.26 bits per heavy atom. The van der Waals surface area contributed by atoms with E-state index in [4.69, 9.17) is 0 Å². The molecule has 0 saturated carbocycles. The number of rotatable bonds is 6. The van der Waals surface area contributed by atoms with Crippen molar-refractivity contribution >= 4 is 34.3 Å². The standard InChI is InChI=1S/C18H26N4O4S/c1-3-14-19-20-18(27-14)22-11-13(10-15(22)23)17(25)21-8-6-12(7-9-21)4-5-16(24)26-2/h12-13H,3-11H2,1-2H3. The van der Waals surface area contributed by atoms with Gasteiger partial charge < -0.3 is 9.64 Å². The SMILES string of the molecule is CCc1nnc(N2CC(C(=O)N3CCC(CCC(=O)OC)CC3)CC2=O)s1. The Morgan fingerprint density at radius 3 is 2.63 bits per heavy atom. The van der Waals surface area contributed by atoms with Crippen molar-refractivity contribution < 1.29 is 19.1 Å². The average Bonchev–Trinajstić information content (AvgIpc) is 3.32. The summed E-state index contributed by atoms with van der Waals surface area (Å²) < 4.78 is 4.68. The van der Waals surface area contributed by atoms with Gasteiger partial charge in [-0.05, 0) is 31.6 Å². The second-order valence-electron chi connectivity index (χ2n) is 7.12. The van der Waals surface area contributed by atoms with Gasteiger partial charge in [-0.2, -0.15) is 0 Å². The quantitative estimate of drug-likeness (QED) is 0.681. The molecular formula is C18H26N4O4S. The molecule has 0 bridgehead atoms. The lowest BCUT2D eigenvalue weighted by Gasteiger charge is -2.33. The van der Waals surface area contributed by atoms with Crippen LogP contribution in [0.4, 0.5) is 5.13 Å². The summed E-state index contributed by atoms with van der Waals surface area (Å²) in [5.41, 5.74) is 0. The van der Waals surface area contributed by atoms with Gasteiger partial charge >= 0.3 is 5.97 Å². The number of likely N-dealkylation sites (tertiary alicyclic amines) is 1. The molecule has 3 heterocycles. The summed E-state index contributed by atoms with van der Waals surface area (Å²) in [5.74, 6) is -0.0413. The van der Waals surface area contributed by atoms with Crippen molar-refractivity contribution in [2.24, 2.45) is 11.8 Å². The molecule has 0 aromatic carbocycles. The van der Waals surface area contributed by atoms with Crippen LogP contribution in [0.5, 0.6) is 0 Å². The molecule has 8 nitrogen and oxygen atoms in total. The summed E-state index contributed by atoms with van der Waals surface area (Å²) in [5, 5.41) is 9.63. The van der Waals surface area contributed by atoms with Gasteiger partial charge in [-0.15, -0.1) is 10.2 Å². The molecule has 2 amide bonds. The molecule has 9 heteroatoms. The summed E-state index contributed by atoms with van der Waals surface area (Å²) in [6, 6.07) is 0. The van der Waals surface area contributed by atoms with Crippen molar-refractivity contribution in [3.8, 4) is 0 Å². The molecule has 1 aromatic rings. The number of ether oxygens (including phenoxy) is 1. The number of anilines is 1. The minimum Gasteiger partial charge on any atom is -0.469 e. The highest BCUT2D eigenvalue weighted by atomic mass is 32.1. The number of hydrogen-bond donors (Lipinski definition) is 0. The van der Waals surface area contributed by atoms with E-state index >= 15 is 0 Å². The molecular weight excluding hydrogens is 368 g/mol. The van der Waals surface area contributed by atoms with Crippen LogP contribution >= 0.6 is 11.3 Å². The Hall–Kier alpha value is -2.03. The fourth-order valence-electron chi connectivity index (χ4n) is 3.68. The molecule has 2 fully saturated rings. The van der Waals surface area contributed by atoms with E-state index in [2.05, 4.69) is 14.9 Å². The van der Waals surface area contributed by atoms with Gasteiger partial charge in [0.05, 0.1) is 13.0 Å². The fraction of sp³-hybridized carbons (Fsp3) is 0.722. The van der Waals surface area contributed by atoms with E-state index in [0.29, 0.717) is 37.1 Å². The first-order valence-corrected chi connectivity index (χ1v) is 10.3. The van der Waals surface area contributed by atoms with Crippen LogP contribution < -0.4 is 4.90 Å². The Kier molecular flexibility index (Phi) is 6.41. The number of carbonyl (C=O) groups is 3. The Bertz CT molecular complexity index is 699. The second kappa shape index (κ2) is 8.77. The molecule has 2 aliphatic rings. The van der Waals surface area contributed by atoms with Crippen molar-refractivity contribution in [3.05, 3.63) is 5.01 Å². The van der Waals surface area contributed by atoms with Gasteiger partial charge in [-0.3, -0.25) is 19.3 Å². The van der Waals surface area contributed by atoms with Gasteiger partial charge in [0.1, 0.15) is 5.01 Å². The molecule has 148 valence electrons. The van der Waals surface area contributed by atoms with E-state index in [9.17, 15) is 14.4 Å². The second-order valence-corrected chi connectivity index (χ2v) is 8.16. The van der Waals surface area contributed by atoms with E-state index < -0.39 is 0 Å². The molecule has 1 atom stereocenters. The molecule has 1 aromatic heterocycles. The lowest BCUT2D eigenvalue weighted by atomic mass is 9.91. The Labute approximate surface area is 162 Å². The number of aryl methyl sites for hydroxylation is 1. The summed E-state index contributed by atoms with van der Waals surface area (Å²) in [4.78, 5) is 39.9. The number of esters is 1. The number of nitrogens with zero attached hydrogens (tertiary/aromatic N) is 4. The van der Waals surface area contributed by atoms with Crippen LogP contribution in [0.25, 0.3) is 0 Å². The third-order valence-corrected chi connectivity index (χ3v) is 6.46. The van der Waals surface area contributed by atoms with Crippen LogP contribution in [0.3, 0.4) is 0 Å². The highest BCUT2D eigenvalue weighted by Crippen LogP contribution is 2.30. The first kappa shape index (κ1) is 19.7. The number of hydrogen-bond acceptors (Lipinski definition) is 7. The minimum absolute atomic E-state index is 0.0532. The van der Waals surface area contributed by atoms with Gasteiger partial charge in [-0.1, -0.05) is 18.3 Å². The topological polar surface area (TPSA) is 92.7 Å². The van der Waals surface area contributed by atoms with E-state index in [1.165, 1.54) is 18.4 Å². The predicted octanol–water partition coefficient (Wildman–Crippen LogP) is 1.65. The molecule has 1 unspecified atom stereocenters. The van der Waals surface area contributed by atoms with Crippen molar-refractivity contribution in [1.82, 2.24) is 15.1 Å². The van der Waals surface area contributed by atoms with Gasteiger partial charge in [-0.25, -0.2) is 0 Å². The first-order chi connectivity index (χ1) is 13.0. The number of amides is 2. The number of carbonyl (C=O) groups excluding carboxylic acids is 3. The molecule has 27 heavy (non-hydrogen) atoms. The third kappa shape index (κ3) is 4.63. The zero-order valence-corrected chi connectivity index (χ0v) is 16.7. The Morgan fingerprint density at radius 2 is 2.00 bits per heavy atom. The van der Waals surface area contributed by atoms with Crippen LogP contribution in [-0.2, 0) is 25.5 Å². The molecule has 0 N–H and O–H groups in total. The fourth-order valence-corrected chi connectivity index (χ4v) is 4.48. The van der Waals surface area contributed by atoms with Crippen molar-refractivity contribution in [1.29, 1.82) is 0 Å². The molecule has 2 aliphatic heterocycles. The lowest BCUT2D eigenvalue weighted by molar-refractivity contribution is -0.141. The van der Waals surface area contributed by atoms with Crippen LogP contribution in [0.1, 0.15) is 44.0 Å². The third-order valence-electron chi connectivity index (χ3n) is 5.37. The first-order valence-electron chi connectivity index (χ1n) is 9.50. The monoisotopic (exact) mass is 394 g/mol. The van der Waals surface area contributed by atoms with E-state index in [-0.39, 0.29) is 30.1 Å². The highest BCUT2D eigenvalue weighted by Gasteiger charge is 2.39. The molecule has 0 aliphatic carbocycles. The zero-order chi connectivity index (χ0) is 19.4.